The number of nitrogens with zero attached hydrogens (tertiary/aromatic N) is 1. The summed E-state index contributed by atoms with van der Waals surface area (Å²) in [5.74, 6) is 0. The Morgan fingerprint density at radius 1 is 0.309 bits per heavy atom. The van der Waals surface area contributed by atoms with Crippen LogP contribution in [-0.2, 0) is 0 Å². The van der Waals surface area contributed by atoms with Crippen molar-refractivity contribution in [1.82, 2.24) is 0 Å². The molecule has 1 nitrogen and oxygen atoms in total. The van der Waals surface area contributed by atoms with Crippen molar-refractivity contribution in [1.29, 1.82) is 0 Å². The van der Waals surface area contributed by atoms with Gasteiger partial charge in [0.2, 0.25) is 0 Å². The summed E-state index contributed by atoms with van der Waals surface area (Å²) in [6, 6.07) is 84.9. The van der Waals surface area contributed by atoms with Crippen molar-refractivity contribution in [2.45, 2.75) is 6.92 Å². The molecule has 0 atom stereocenters. The van der Waals surface area contributed by atoms with Crippen molar-refractivity contribution in [2.75, 3.05) is 4.90 Å². The van der Waals surface area contributed by atoms with Crippen LogP contribution in [0.2, 0.25) is 0 Å². The van der Waals surface area contributed by atoms with E-state index in [9.17, 15) is 0 Å². The molecule has 0 aliphatic heterocycles. The van der Waals surface area contributed by atoms with Crippen LogP contribution >= 0.6 is 0 Å². The van der Waals surface area contributed by atoms with Crippen molar-refractivity contribution < 1.29 is 0 Å². The molecular formula is C53H41GeN. The number of hydrogen-bond acceptors (Lipinski definition) is 1. The number of anilines is 3. The van der Waals surface area contributed by atoms with E-state index in [-0.39, 0.29) is 0 Å². The minimum Gasteiger partial charge on any atom is -0.0616 e. The molecule has 0 saturated carbocycles. The maximum absolute atomic E-state index is 3.29. The smallest absolute Gasteiger partial charge is 0.0540 e. The van der Waals surface area contributed by atoms with E-state index in [2.05, 4.69) is 242 Å². The van der Waals surface area contributed by atoms with E-state index in [4.69, 9.17) is 0 Å². The van der Waals surface area contributed by atoms with E-state index in [1.54, 1.807) is 0 Å². The molecule has 0 aromatic heterocycles. The maximum Gasteiger partial charge on any atom is 0.0540 e. The molecule has 0 aliphatic carbocycles. The largest absolute Gasteiger partial charge is 0.0616 e. The summed E-state index contributed by atoms with van der Waals surface area (Å²) in [6.07, 6.45) is 0. The fraction of sp³-hybridized carbons (Fsp3) is 0.0189. The second-order valence-corrected chi connectivity index (χ2v) is 22.2. The topological polar surface area (TPSA) is 3.24 Å². The summed E-state index contributed by atoms with van der Waals surface area (Å²) < 4.78 is 5.72. The fourth-order valence-electron chi connectivity index (χ4n) is 8.16. The van der Waals surface area contributed by atoms with E-state index in [0.717, 1.165) is 11.4 Å². The summed E-state index contributed by atoms with van der Waals surface area (Å²) in [4.78, 5) is 2.37. The van der Waals surface area contributed by atoms with Gasteiger partial charge in [0.05, 0.1) is 5.69 Å². The van der Waals surface area contributed by atoms with E-state index in [1.807, 2.05) is 0 Å². The van der Waals surface area contributed by atoms with Gasteiger partial charge < -0.3 is 4.90 Å². The van der Waals surface area contributed by atoms with Crippen LogP contribution in [0.25, 0.3) is 33.0 Å². The Morgan fingerprint density at radius 3 is 1.16 bits per heavy atom. The average Bonchev–Trinajstić information content (AvgIpc) is 3.26. The molecule has 0 saturated heterocycles. The zero-order valence-corrected chi connectivity index (χ0v) is 33.0. The number of rotatable bonds is 9. The minimum atomic E-state index is -3.29. The number of fused-ring (bicyclic) bond motifs is 1. The van der Waals surface area contributed by atoms with E-state index >= 15 is 0 Å². The van der Waals surface area contributed by atoms with Crippen LogP contribution in [0.1, 0.15) is 5.56 Å². The van der Waals surface area contributed by atoms with Gasteiger partial charge in [-0.2, -0.15) is 0 Å². The summed E-state index contributed by atoms with van der Waals surface area (Å²) in [5.41, 5.74) is 9.51. The van der Waals surface area contributed by atoms with Gasteiger partial charge in [-0.15, -0.1) is 0 Å². The molecule has 0 heterocycles. The first-order valence-electron chi connectivity index (χ1n) is 19.0. The van der Waals surface area contributed by atoms with Crippen molar-refractivity contribution in [2.24, 2.45) is 0 Å². The quantitative estimate of drug-likeness (QED) is 0.132. The first-order valence-corrected chi connectivity index (χ1v) is 23.2. The Labute approximate surface area is 327 Å². The molecule has 0 aliphatic rings. The minimum absolute atomic E-state index is 1.13. The predicted molar refractivity (Wildman–Crippen MR) is 238 cm³/mol. The molecule has 0 fully saturated rings. The van der Waals surface area contributed by atoms with Gasteiger partial charge in [0.15, 0.2) is 0 Å². The van der Waals surface area contributed by atoms with Crippen LogP contribution < -0.4 is 22.5 Å². The van der Waals surface area contributed by atoms with Gasteiger partial charge in [0, 0.05) is 11.1 Å². The molecule has 0 N–H and O–H groups in total. The Bertz CT molecular complexity index is 2550. The number of benzene rings is 9. The summed E-state index contributed by atoms with van der Waals surface area (Å²) in [6.45, 7) is 2.14. The van der Waals surface area contributed by atoms with E-state index < -0.39 is 13.3 Å². The van der Waals surface area contributed by atoms with Gasteiger partial charge in [-0.3, -0.25) is 0 Å². The molecule has 262 valence electrons. The molecule has 2 heteroatoms. The van der Waals surface area contributed by atoms with E-state index in [0.29, 0.717) is 0 Å². The molecule has 9 rings (SSSR count). The second-order valence-electron chi connectivity index (χ2n) is 14.2. The van der Waals surface area contributed by atoms with Crippen molar-refractivity contribution in [3.8, 4) is 22.3 Å². The molecular weight excluding hydrogens is 723 g/mol. The van der Waals surface area contributed by atoms with Gasteiger partial charge in [0.25, 0.3) is 0 Å². The maximum atomic E-state index is 2.39. The van der Waals surface area contributed by atoms with Crippen LogP contribution in [0, 0.1) is 6.92 Å². The summed E-state index contributed by atoms with van der Waals surface area (Å²) in [7, 11) is 0. The predicted octanol–water partition coefficient (Wildman–Crippen LogP) is 11.3. The third kappa shape index (κ3) is 6.58. The number of hydrogen-bond donors (Lipinski definition) is 0. The Kier molecular flexibility index (Phi) is 9.46. The van der Waals surface area contributed by atoms with Crippen LogP contribution in [0.3, 0.4) is 0 Å². The average molecular weight is 765 g/mol. The summed E-state index contributed by atoms with van der Waals surface area (Å²) in [5, 5.41) is 2.46. The van der Waals surface area contributed by atoms with Crippen molar-refractivity contribution in [3.05, 3.63) is 236 Å². The van der Waals surface area contributed by atoms with Crippen LogP contribution in [0.5, 0.6) is 0 Å². The first-order chi connectivity index (χ1) is 27.2. The first kappa shape index (κ1) is 34.4. The SMILES string of the molecule is Cc1ccc(N(c2ccc(-c3ccc(-c4cc[c]([Ge]([c]5ccccc5)([c]5ccccc5)[c]5ccccc5)cc4)cc3)cc2)c2cccc3ccccc23)cc1. The number of aryl methyl sites for hydroxylation is 1. The zero-order valence-electron chi connectivity index (χ0n) is 30.9. The molecule has 0 unspecified atom stereocenters. The van der Waals surface area contributed by atoms with Crippen molar-refractivity contribution in [3.63, 3.8) is 0 Å². The standard InChI is InChI=1S/C53H41GeN/c1-40-24-36-50(37-25-40)55(53-23-13-15-45-14-11-12-22-52(45)53)51-38-32-44(33-39-51)42-28-26-41(27-29-42)43-30-34-49(35-31-43)54(46-16-5-2-6-17-46,47-18-7-3-8-19-47)48-20-9-4-10-21-48/h2-39H,1H3. The molecule has 9 aromatic carbocycles. The van der Waals surface area contributed by atoms with E-state index in [1.165, 1.54) is 61.9 Å². The third-order valence-electron chi connectivity index (χ3n) is 10.9. The molecule has 9 aromatic rings. The third-order valence-corrected chi connectivity index (χ3v) is 21.0. The Balaban J connectivity index is 1.04. The monoisotopic (exact) mass is 765 g/mol. The molecule has 0 amide bonds. The van der Waals surface area contributed by atoms with Crippen LogP contribution in [0.15, 0.2) is 231 Å². The zero-order chi connectivity index (χ0) is 37.0. The van der Waals surface area contributed by atoms with Crippen LogP contribution in [0.4, 0.5) is 17.1 Å². The van der Waals surface area contributed by atoms with Gasteiger partial charge in [-0.25, -0.2) is 0 Å². The summed E-state index contributed by atoms with van der Waals surface area (Å²) >= 11 is -3.29. The van der Waals surface area contributed by atoms with Gasteiger partial charge >= 0.3 is 223 Å². The normalized spacial score (nSPS) is 11.4. The second kappa shape index (κ2) is 15.1. The molecule has 0 radical (unpaired) electrons. The van der Waals surface area contributed by atoms with Gasteiger partial charge in [-0.05, 0) is 30.5 Å². The molecule has 0 spiro atoms. The van der Waals surface area contributed by atoms with Gasteiger partial charge in [-0.1, -0.05) is 54.1 Å². The molecule has 55 heavy (non-hydrogen) atoms. The van der Waals surface area contributed by atoms with Gasteiger partial charge in [0.1, 0.15) is 0 Å². The van der Waals surface area contributed by atoms with Crippen molar-refractivity contribution >= 4 is 58.7 Å². The Hall–Kier alpha value is -6.42. The van der Waals surface area contributed by atoms with Crippen LogP contribution in [-0.4, -0.2) is 13.3 Å². The molecule has 0 bridgehead atoms. The Morgan fingerprint density at radius 2 is 0.673 bits per heavy atom. The fourth-order valence-corrected chi connectivity index (χ4v) is 18.1.